The Balaban J connectivity index is 1.95. The Hall–Kier alpha value is -3.54. The second kappa shape index (κ2) is 8.45. The average molecular weight is 402 g/mol. The number of pyridine rings is 1. The third-order valence-corrected chi connectivity index (χ3v) is 4.74. The highest BCUT2D eigenvalue weighted by Crippen LogP contribution is 2.36. The van der Waals surface area contributed by atoms with Gasteiger partial charge in [0, 0.05) is 29.9 Å². The Bertz CT molecular complexity index is 1180. The minimum atomic E-state index is -0.284. The first-order valence-corrected chi connectivity index (χ1v) is 9.85. The van der Waals surface area contributed by atoms with Gasteiger partial charge in [0.1, 0.15) is 22.9 Å². The summed E-state index contributed by atoms with van der Waals surface area (Å²) in [5, 5.41) is 4.26. The topological polar surface area (TPSA) is 59.9 Å². The van der Waals surface area contributed by atoms with E-state index in [1.54, 1.807) is 25.6 Å². The van der Waals surface area contributed by atoms with Gasteiger partial charge in [0.25, 0.3) is 0 Å². The predicted octanol–water partition coefficient (Wildman–Crippen LogP) is 5.57. The first-order valence-electron chi connectivity index (χ1n) is 9.85. The van der Waals surface area contributed by atoms with Crippen LogP contribution in [0, 0.1) is 11.7 Å². The number of methoxy groups -OCH3 is 1. The van der Waals surface area contributed by atoms with Crippen LogP contribution in [0.1, 0.15) is 13.8 Å². The van der Waals surface area contributed by atoms with E-state index in [0.717, 1.165) is 28.6 Å². The van der Waals surface area contributed by atoms with E-state index in [2.05, 4.69) is 24.1 Å². The van der Waals surface area contributed by atoms with E-state index in [1.165, 1.54) is 12.1 Å². The van der Waals surface area contributed by atoms with Crippen LogP contribution in [0.5, 0.6) is 5.75 Å². The summed E-state index contributed by atoms with van der Waals surface area (Å²) in [4.78, 5) is 13.7. The highest BCUT2D eigenvalue weighted by atomic mass is 19.1. The van der Waals surface area contributed by atoms with Gasteiger partial charge in [0.05, 0.1) is 7.11 Å². The van der Waals surface area contributed by atoms with Crippen molar-refractivity contribution in [1.82, 2.24) is 15.0 Å². The zero-order chi connectivity index (χ0) is 21.1. The maximum absolute atomic E-state index is 13.8. The zero-order valence-electron chi connectivity index (χ0n) is 17.2. The molecule has 0 amide bonds. The predicted molar refractivity (Wildman–Crippen MR) is 118 cm³/mol. The van der Waals surface area contributed by atoms with E-state index >= 15 is 0 Å². The lowest BCUT2D eigenvalue weighted by Gasteiger charge is -2.15. The average Bonchev–Trinajstić information content (AvgIpc) is 2.77. The van der Waals surface area contributed by atoms with Gasteiger partial charge in [-0.1, -0.05) is 26.0 Å². The Morgan fingerprint density at radius 3 is 2.53 bits per heavy atom. The Morgan fingerprint density at radius 2 is 1.83 bits per heavy atom. The summed E-state index contributed by atoms with van der Waals surface area (Å²) < 4.78 is 19.5. The molecule has 2 heterocycles. The highest BCUT2D eigenvalue weighted by molar-refractivity contribution is 5.97. The van der Waals surface area contributed by atoms with Gasteiger partial charge >= 0.3 is 0 Å². The van der Waals surface area contributed by atoms with Crippen molar-refractivity contribution in [3.8, 4) is 28.3 Å². The van der Waals surface area contributed by atoms with Gasteiger partial charge in [-0.2, -0.15) is 0 Å². The van der Waals surface area contributed by atoms with Gasteiger partial charge in [-0.25, -0.2) is 14.4 Å². The first kappa shape index (κ1) is 19.8. The van der Waals surface area contributed by atoms with Gasteiger partial charge < -0.3 is 10.1 Å². The zero-order valence-corrected chi connectivity index (χ0v) is 17.2. The fourth-order valence-corrected chi connectivity index (χ4v) is 3.25. The minimum absolute atomic E-state index is 0.284. The fraction of sp³-hybridized carbons (Fsp3) is 0.208. The molecule has 0 bridgehead atoms. The quantitative estimate of drug-likeness (QED) is 0.457. The summed E-state index contributed by atoms with van der Waals surface area (Å²) in [6.07, 6.45) is 3.45. The molecule has 152 valence electrons. The minimum Gasteiger partial charge on any atom is -0.494 e. The molecule has 2 aromatic carbocycles. The van der Waals surface area contributed by atoms with Crippen LogP contribution in [-0.4, -0.2) is 28.6 Å². The van der Waals surface area contributed by atoms with E-state index in [9.17, 15) is 4.39 Å². The van der Waals surface area contributed by atoms with Crippen molar-refractivity contribution in [3.05, 3.63) is 66.7 Å². The molecular formula is C24H23FN4O. The van der Waals surface area contributed by atoms with Crippen LogP contribution >= 0.6 is 0 Å². The number of nitrogens with one attached hydrogen (secondary N) is 1. The third kappa shape index (κ3) is 4.08. The lowest BCUT2D eigenvalue weighted by atomic mass is 10.0. The van der Waals surface area contributed by atoms with Crippen molar-refractivity contribution in [2.45, 2.75) is 13.8 Å². The molecule has 0 aliphatic heterocycles. The molecule has 0 fully saturated rings. The van der Waals surface area contributed by atoms with Gasteiger partial charge in [0.15, 0.2) is 5.82 Å². The van der Waals surface area contributed by atoms with E-state index in [0.29, 0.717) is 28.8 Å². The van der Waals surface area contributed by atoms with E-state index in [-0.39, 0.29) is 5.82 Å². The molecule has 0 saturated heterocycles. The number of benzene rings is 2. The van der Waals surface area contributed by atoms with E-state index in [1.807, 2.05) is 30.3 Å². The number of fused-ring (bicyclic) bond motifs is 1. The van der Waals surface area contributed by atoms with Gasteiger partial charge in [-0.3, -0.25) is 4.98 Å². The second-order valence-electron chi connectivity index (χ2n) is 7.50. The number of rotatable bonds is 6. The maximum atomic E-state index is 13.8. The molecule has 4 rings (SSSR count). The molecule has 4 aromatic rings. The molecular weight excluding hydrogens is 379 g/mol. The number of ether oxygens (including phenoxy) is 1. The fourth-order valence-electron chi connectivity index (χ4n) is 3.25. The van der Waals surface area contributed by atoms with Crippen molar-refractivity contribution in [3.63, 3.8) is 0 Å². The summed E-state index contributed by atoms with van der Waals surface area (Å²) >= 11 is 0. The van der Waals surface area contributed by atoms with Crippen molar-refractivity contribution < 1.29 is 9.13 Å². The van der Waals surface area contributed by atoms with E-state index < -0.39 is 0 Å². The maximum Gasteiger partial charge on any atom is 0.163 e. The Morgan fingerprint density at radius 1 is 1.00 bits per heavy atom. The molecule has 5 nitrogen and oxygen atoms in total. The molecule has 0 aliphatic rings. The number of halogens is 1. The summed E-state index contributed by atoms with van der Waals surface area (Å²) in [6, 6.07) is 14.1. The standard InChI is InChI=1S/C24H23FN4O/c1-15(2)13-27-24-20-11-18(16-6-4-8-19(25)10-16)12-21(30-3)22(20)28-23(29-24)17-7-5-9-26-14-17/h4-12,14-15H,13H2,1-3H3,(H,27,28,29). The monoisotopic (exact) mass is 402 g/mol. The molecule has 0 saturated carbocycles. The summed E-state index contributed by atoms with van der Waals surface area (Å²) in [7, 11) is 1.61. The summed E-state index contributed by atoms with van der Waals surface area (Å²) in [5.41, 5.74) is 3.12. The van der Waals surface area contributed by atoms with Crippen molar-refractivity contribution >= 4 is 16.7 Å². The van der Waals surface area contributed by atoms with Crippen LogP contribution in [0.3, 0.4) is 0 Å². The smallest absolute Gasteiger partial charge is 0.163 e. The number of hydrogen-bond donors (Lipinski definition) is 1. The van der Waals surface area contributed by atoms with Gasteiger partial charge in [0.2, 0.25) is 0 Å². The first-order chi connectivity index (χ1) is 14.5. The third-order valence-electron chi connectivity index (χ3n) is 4.74. The van der Waals surface area contributed by atoms with Crippen molar-refractivity contribution in [1.29, 1.82) is 0 Å². The number of anilines is 1. The van der Waals surface area contributed by atoms with Crippen LogP contribution in [0.25, 0.3) is 33.4 Å². The molecule has 30 heavy (non-hydrogen) atoms. The normalized spacial score (nSPS) is 11.1. The Labute approximate surface area is 175 Å². The lowest BCUT2D eigenvalue weighted by Crippen LogP contribution is -2.11. The van der Waals surface area contributed by atoms with Crippen molar-refractivity contribution in [2.75, 3.05) is 19.0 Å². The number of nitrogens with zero attached hydrogens (tertiary/aromatic N) is 3. The summed E-state index contributed by atoms with van der Waals surface area (Å²) in [6.45, 7) is 5.03. The number of aromatic nitrogens is 3. The SMILES string of the molecule is COc1cc(-c2cccc(F)c2)cc2c(NCC(C)C)nc(-c3cccnc3)nc12. The molecule has 0 aliphatic carbocycles. The molecule has 0 atom stereocenters. The number of hydrogen-bond acceptors (Lipinski definition) is 5. The van der Waals surface area contributed by atoms with Crippen LogP contribution in [0.4, 0.5) is 10.2 Å². The Kier molecular flexibility index (Phi) is 5.57. The lowest BCUT2D eigenvalue weighted by molar-refractivity contribution is 0.419. The molecule has 0 spiro atoms. The largest absolute Gasteiger partial charge is 0.494 e. The second-order valence-corrected chi connectivity index (χ2v) is 7.50. The molecule has 2 aromatic heterocycles. The molecule has 0 unspecified atom stereocenters. The van der Waals surface area contributed by atoms with Crippen LogP contribution in [-0.2, 0) is 0 Å². The van der Waals surface area contributed by atoms with Crippen LogP contribution < -0.4 is 10.1 Å². The van der Waals surface area contributed by atoms with Crippen LogP contribution in [0.15, 0.2) is 60.9 Å². The highest BCUT2D eigenvalue weighted by Gasteiger charge is 2.16. The molecule has 6 heteroatoms. The molecule has 1 N–H and O–H groups in total. The molecule has 0 radical (unpaired) electrons. The van der Waals surface area contributed by atoms with E-state index in [4.69, 9.17) is 14.7 Å². The van der Waals surface area contributed by atoms with Crippen molar-refractivity contribution in [2.24, 2.45) is 5.92 Å². The van der Waals surface area contributed by atoms with Crippen LogP contribution in [0.2, 0.25) is 0 Å². The van der Waals surface area contributed by atoms with Gasteiger partial charge in [-0.05, 0) is 53.4 Å². The summed E-state index contributed by atoms with van der Waals surface area (Å²) in [5.74, 6) is 2.03. The van der Waals surface area contributed by atoms with Gasteiger partial charge in [-0.15, -0.1) is 0 Å².